The number of hydrogen-bond donors (Lipinski definition) is 0. The topological polar surface area (TPSA) is 12.4 Å². The predicted octanol–water partition coefficient (Wildman–Crippen LogP) is 2.69. The number of hydrogen-bond acceptors (Lipinski definition) is 2. The molecule has 0 aliphatic carbocycles. The van der Waals surface area contributed by atoms with Gasteiger partial charge >= 0.3 is 0 Å². The summed E-state index contributed by atoms with van der Waals surface area (Å²) in [6, 6.07) is 0. The van der Waals surface area contributed by atoms with Crippen LogP contribution < -0.4 is 0 Å². The molecule has 0 aromatic heterocycles. The molecule has 0 heterocycles. The summed E-state index contributed by atoms with van der Waals surface area (Å²) in [6.45, 7) is 7.57. The van der Waals surface area contributed by atoms with Crippen LogP contribution in [0.4, 0.5) is 0 Å². The average molecular weight is 143 g/mol. The lowest BCUT2D eigenvalue weighted by molar-refractivity contribution is 1.14. The van der Waals surface area contributed by atoms with Crippen LogP contribution in [0.5, 0.6) is 0 Å². The van der Waals surface area contributed by atoms with E-state index in [1.54, 1.807) is 11.8 Å². The quantitative estimate of drug-likeness (QED) is 0.553. The normalized spacial score (nSPS) is 12.8. The molecule has 1 nitrogen and oxygen atoms in total. The highest BCUT2D eigenvalue weighted by atomic mass is 32.2. The SMILES string of the molecule is C=N/C(C)=C(/CC)SC. The molecule has 0 saturated heterocycles. The highest BCUT2D eigenvalue weighted by Gasteiger charge is 1.93. The van der Waals surface area contributed by atoms with Gasteiger partial charge in [-0.2, -0.15) is 0 Å². The summed E-state index contributed by atoms with van der Waals surface area (Å²) in [4.78, 5) is 5.16. The molecule has 0 unspecified atom stereocenters. The Balaban J connectivity index is 4.17. The molecule has 52 valence electrons. The van der Waals surface area contributed by atoms with E-state index in [9.17, 15) is 0 Å². The highest BCUT2D eigenvalue weighted by Crippen LogP contribution is 2.19. The van der Waals surface area contributed by atoms with Crippen LogP contribution >= 0.6 is 11.8 Å². The average Bonchev–Trinajstić information content (AvgIpc) is 1.90. The van der Waals surface area contributed by atoms with Crippen molar-refractivity contribution in [2.75, 3.05) is 6.26 Å². The van der Waals surface area contributed by atoms with Crippen molar-refractivity contribution in [3.63, 3.8) is 0 Å². The molecule has 0 aromatic carbocycles. The molecule has 0 amide bonds. The van der Waals surface area contributed by atoms with Crippen molar-refractivity contribution in [2.24, 2.45) is 4.99 Å². The molecule has 0 saturated carbocycles. The summed E-state index contributed by atoms with van der Waals surface area (Å²) in [5, 5.41) is 0. The molecule has 0 N–H and O–H groups in total. The molecule has 0 spiro atoms. The lowest BCUT2D eigenvalue weighted by atomic mass is 10.4. The number of nitrogens with zero attached hydrogens (tertiary/aromatic N) is 1. The van der Waals surface area contributed by atoms with Crippen LogP contribution in [0.1, 0.15) is 20.3 Å². The van der Waals surface area contributed by atoms with Gasteiger partial charge in [0.2, 0.25) is 0 Å². The lowest BCUT2D eigenvalue weighted by Gasteiger charge is -2.00. The molecule has 9 heavy (non-hydrogen) atoms. The van der Waals surface area contributed by atoms with Crippen molar-refractivity contribution in [2.45, 2.75) is 20.3 Å². The van der Waals surface area contributed by atoms with Gasteiger partial charge in [0.05, 0.1) is 0 Å². The summed E-state index contributed by atoms with van der Waals surface area (Å²) in [5.41, 5.74) is 1.06. The Morgan fingerprint density at radius 2 is 2.22 bits per heavy atom. The van der Waals surface area contributed by atoms with E-state index in [1.165, 1.54) is 4.91 Å². The third-order valence-electron chi connectivity index (χ3n) is 1.21. The zero-order valence-electron chi connectivity index (χ0n) is 6.27. The summed E-state index contributed by atoms with van der Waals surface area (Å²) in [5.74, 6) is 0. The zero-order chi connectivity index (χ0) is 7.28. The minimum Gasteiger partial charge on any atom is -0.269 e. The van der Waals surface area contributed by atoms with E-state index in [0.717, 1.165) is 12.1 Å². The third kappa shape index (κ3) is 2.70. The maximum Gasteiger partial charge on any atom is 0.0460 e. The van der Waals surface area contributed by atoms with E-state index < -0.39 is 0 Å². The van der Waals surface area contributed by atoms with Crippen LogP contribution in [0, 0.1) is 0 Å². The van der Waals surface area contributed by atoms with Crippen molar-refractivity contribution < 1.29 is 0 Å². The van der Waals surface area contributed by atoms with Crippen molar-refractivity contribution >= 4 is 18.5 Å². The van der Waals surface area contributed by atoms with Crippen molar-refractivity contribution in [1.82, 2.24) is 0 Å². The molecular weight excluding hydrogens is 130 g/mol. The number of aliphatic imine (C=N–C) groups is 1. The molecule has 2 heteroatoms. The summed E-state index contributed by atoms with van der Waals surface area (Å²) < 4.78 is 0. The lowest BCUT2D eigenvalue weighted by Crippen LogP contribution is -1.77. The monoisotopic (exact) mass is 143 g/mol. The first kappa shape index (κ1) is 8.76. The molecule has 0 aromatic rings. The van der Waals surface area contributed by atoms with Gasteiger partial charge in [-0.1, -0.05) is 6.92 Å². The molecular formula is C7H13NS. The van der Waals surface area contributed by atoms with E-state index in [4.69, 9.17) is 0 Å². The standard InChI is InChI=1S/C7H13NS/c1-5-7(9-4)6(2)8-3/h3,5H2,1-2,4H3/b7-6-. The smallest absolute Gasteiger partial charge is 0.0460 e. The van der Waals surface area contributed by atoms with Crippen LogP contribution in [-0.2, 0) is 0 Å². The molecule has 0 atom stereocenters. The van der Waals surface area contributed by atoms with E-state index in [-0.39, 0.29) is 0 Å². The first-order valence-electron chi connectivity index (χ1n) is 2.96. The first-order chi connectivity index (χ1) is 4.26. The minimum absolute atomic E-state index is 1.06. The molecule has 0 aliphatic rings. The second kappa shape index (κ2) is 4.62. The molecule has 0 rings (SSSR count). The van der Waals surface area contributed by atoms with Crippen LogP contribution in [0.25, 0.3) is 0 Å². The first-order valence-corrected chi connectivity index (χ1v) is 4.19. The summed E-state index contributed by atoms with van der Waals surface area (Å²) >= 11 is 1.75. The highest BCUT2D eigenvalue weighted by molar-refractivity contribution is 8.02. The van der Waals surface area contributed by atoms with Gasteiger partial charge in [-0.25, -0.2) is 0 Å². The van der Waals surface area contributed by atoms with E-state index in [0.29, 0.717) is 0 Å². The molecule has 0 bridgehead atoms. The van der Waals surface area contributed by atoms with Crippen molar-refractivity contribution in [3.8, 4) is 0 Å². The molecule has 0 radical (unpaired) electrons. The van der Waals surface area contributed by atoms with Gasteiger partial charge in [-0.3, -0.25) is 4.99 Å². The Morgan fingerprint density at radius 3 is 2.33 bits per heavy atom. The Kier molecular flexibility index (Phi) is 4.50. The van der Waals surface area contributed by atoms with Crippen LogP contribution in [0.3, 0.4) is 0 Å². The predicted molar refractivity (Wildman–Crippen MR) is 46.1 cm³/mol. The van der Waals surface area contributed by atoms with E-state index >= 15 is 0 Å². The number of allylic oxidation sites excluding steroid dienone is 2. The van der Waals surface area contributed by atoms with Gasteiger partial charge in [-0.15, -0.1) is 11.8 Å². The summed E-state index contributed by atoms with van der Waals surface area (Å²) in [6.07, 6.45) is 3.12. The third-order valence-corrected chi connectivity index (χ3v) is 2.29. The fourth-order valence-electron chi connectivity index (χ4n) is 0.636. The van der Waals surface area contributed by atoms with Crippen molar-refractivity contribution in [3.05, 3.63) is 10.6 Å². The number of rotatable bonds is 3. The molecule has 0 aliphatic heterocycles. The minimum atomic E-state index is 1.06. The number of thioether (sulfide) groups is 1. The molecule has 0 fully saturated rings. The zero-order valence-corrected chi connectivity index (χ0v) is 7.09. The Labute approximate surface area is 61.3 Å². The van der Waals surface area contributed by atoms with Gasteiger partial charge in [0, 0.05) is 10.6 Å². The van der Waals surface area contributed by atoms with Crippen LogP contribution in [0.15, 0.2) is 15.6 Å². The van der Waals surface area contributed by atoms with Crippen LogP contribution in [0.2, 0.25) is 0 Å². The van der Waals surface area contributed by atoms with Crippen LogP contribution in [-0.4, -0.2) is 13.0 Å². The van der Waals surface area contributed by atoms with E-state index in [2.05, 4.69) is 24.9 Å². The van der Waals surface area contributed by atoms with Gasteiger partial charge in [-0.05, 0) is 26.3 Å². The van der Waals surface area contributed by atoms with Gasteiger partial charge in [0.15, 0.2) is 0 Å². The van der Waals surface area contributed by atoms with Gasteiger partial charge < -0.3 is 0 Å². The second-order valence-electron chi connectivity index (χ2n) is 1.72. The fraction of sp³-hybridized carbons (Fsp3) is 0.571. The fourth-order valence-corrected chi connectivity index (χ4v) is 1.28. The van der Waals surface area contributed by atoms with Gasteiger partial charge in [0.1, 0.15) is 0 Å². The Hall–Kier alpha value is -0.240. The Morgan fingerprint density at radius 1 is 1.67 bits per heavy atom. The Bertz CT molecular complexity index is 121. The maximum absolute atomic E-state index is 3.84. The summed E-state index contributed by atoms with van der Waals surface area (Å²) in [7, 11) is 0. The second-order valence-corrected chi connectivity index (χ2v) is 2.63. The largest absolute Gasteiger partial charge is 0.269 e. The van der Waals surface area contributed by atoms with Gasteiger partial charge in [0.25, 0.3) is 0 Å². The van der Waals surface area contributed by atoms with Crippen molar-refractivity contribution in [1.29, 1.82) is 0 Å². The maximum atomic E-state index is 3.84. The van der Waals surface area contributed by atoms with E-state index in [1.807, 2.05) is 6.92 Å².